The highest BCUT2D eigenvalue weighted by atomic mass is 32.2. The molecule has 0 aliphatic heterocycles. The van der Waals surface area contributed by atoms with Crippen LogP contribution in [0.2, 0.25) is 0 Å². The number of nitrogens with zero attached hydrogens (tertiary/aromatic N) is 1. The highest BCUT2D eigenvalue weighted by Crippen LogP contribution is 2.08. The van der Waals surface area contributed by atoms with Crippen LogP contribution in [0, 0.1) is 5.92 Å². The van der Waals surface area contributed by atoms with Crippen LogP contribution in [0.15, 0.2) is 0 Å². The third-order valence-corrected chi connectivity index (χ3v) is 4.24. The summed E-state index contributed by atoms with van der Waals surface area (Å²) in [4.78, 5) is 0. The molecule has 0 radical (unpaired) electrons. The van der Waals surface area contributed by atoms with E-state index in [4.69, 9.17) is 5.11 Å². The summed E-state index contributed by atoms with van der Waals surface area (Å²) in [6.45, 7) is 6.80. The third-order valence-electron chi connectivity index (χ3n) is 2.26. The molecule has 0 aromatic rings. The summed E-state index contributed by atoms with van der Waals surface area (Å²) in [5.41, 5.74) is 0. The van der Waals surface area contributed by atoms with Gasteiger partial charge in [0.05, 0.1) is 5.75 Å². The first-order chi connectivity index (χ1) is 6.94. The lowest BCUT2D eigenvalue weighted by molar-refractivity contribution is 0.271. The monoisotopic (exact) mass is 237 g/mol. The van der Waals surface area contributed by atoms with Gasteiger partial charge in [-0.15, -0.1) is 0 Å². The van der Waals surface area contributed by atoms with E-state index >= 15 is 0 Å². The van der Waals surface area contributed by atoms with Gasteiger partial charge < -0.3 is 5.11 Å². The maximum absolute atomic E-state index is 11.8. The van der Waals surface area contributed by atoms with Crippen molar-refractivity contribution in [2.45, 2.75) is 33.6 Å². The second-order valence-corrected chi connectivity index (χ2v) is 6.16. The van der Waals surface area contributed by atoms with Gasteiger partial charge in [0.15, 0.2) is 0 Å². The van der Waals surface area contributed by atoms with Crippen LogP contribution < -0.4 is 0 Å². The third kappa shape index (κ3) is 6.12. The molecule has 0 aromatic carbocycles. The standard InChI is InChI=1S/C10H23NO3S/c1-4-11(7-5-8-12)15(13,14)9-6-10(2)3/h10,12H,4-9H2,1-3H3. The van der Waals surface area contributed by atoms with Crippen LogP contribution in [0.4, 0.5) is 0 Å². The zero-order valence-electron chi connectivity index (χ0n) is 9.94. The fourth-order valence-corrected chi connectivity index (χ4v) is 3.08. The van der Waals surface area contributed by atoms with Crippen LogP contribution in [0.1, 0.15) is 33.6 Å². The van der Waals surface area contributed by atoms with Crippen molar-refractivity contribution in [3.63, 3.8) is 0 Å². The van der Waals surface area contributed by atoms with E-state index in [1.807, 2.05) is 20.8 Å². The Morgan fingerprint density at radius 1 is 1.33 bits per heavy atom. The Hall–Kier alpha value is -0.130. The highest BCUT2D eigenvalue weighted by molar-refractivity contribution is 7.89. The first-order valence-electron chi connectivity index (χ1n) is 5.52. The van der Waals surface area contributed by atoms with Crippen molar-refractivity contribution < 1.29 is 13.5 Å². The molecule has 0 saturated carbocycles. The average Bonchev–Trinajstić information content (AvgIpc) is 2.16. The molecule has 0 rings (SSSR count). The van der Waals surface area contributed by atoms with Gasteiger partial charge in [0, 0.05) is 19.7 Å². The molecule has 1 N–H and O–H groups in total. The molecule has 0 amide bonds. The SMILES string of the molecule is CCN(CCCO)S(=O)(=O)CCC(C)C. The van der Waals surface area contributed by atoms with E-state index in [2.05, 4.69) is 0 Å². The maximum atomic E-state index is 11.8. The predicted octanol–water partition coefficient (Wildman–Crippen LogP) is 1.07. The Labute approximate surface area is 93.3 Å². The number of aliphatic hydroxyl groups is 1. The lowest BCUT2D eigenvalue weighted by Gasteiger charge is -2.20. The Balaban J connectivity index is 4.25. The van der Waals surface area contributed by atoms with Crippen molar-refractivity contribution in [2.24, 2.45) is 5.92 Å². The van der Waals surface area contributed by atoms with E-state index in [1.54, 1.807) is 0 Å². The lowest BCUT2D eigenvalue weighted by atomic mass is 10.2. The molecule has 0 heterocycles. The highest BCUT2D eigenvalue weighted by Gasteiger charge is 2.19. The molecule has 15 heavy (non-hydrogen) atoms. The minimum absolute atomic E-state index is 0.0379. The van der Waals surface area contributed by atoms with E-state index < -0.39 is 10.0 Å². The van der Waals surface area contributed by atoms with Gasteiger partial charge in [0.1, 0.15) is 0 Å². The van der Waals surface area contributed by atoms with E-state index in [0.29, 0.717) is 31.8 Å². The summed E-state index contributed by atoms with van der Waals surface area (Å²) in [5.74, 6) is 0.612. The summed E-state index contributed by atoms with van der Waals surface area (Å²) in [6, 6.07) is 0. The molecule has 0 aromatic heterocycles. The molecule has 5 heteroatoms. The molecular formula is C10H23NO3S. The zero-order chi connectivity index (χ0) is 11.9. The summed E-state index contributed by atoms with van der Waals surface area (Å²) in [6.07, 6.45) is 1.20. The molecule has 0 atom stereocenters. The number of sulfonamides is 1. The van der Waals surface area contributed by atoms with Crippen LogP contribution in [-0.2, 0) is 10.0 Å². The molecule has 0 aliphatic rings. The maximum Gasteiger partial charge on any atom is 0.214 e. The van der Waals surface area contributed by atoms with Gasteiger partial charge in [0.2, 0.25) is 10.0 Å². The lowest BCUT2D eigenvalue weighted by Crippen LogP contribution is -2.34. The zero-order valence-corrected chi connectivity index (χ0v) is 10.8. The van der Waals surface area contributed by atoms with Crippen LogP contribution >= 0.6 is 0 Å². The molecule has 0 saturated heterocycles. The fourth-order valence-electron chi connectivity index (χ4n) is 1.25. The molecule has 92 valence electrons. The van der Waals surface area contributed by atoms with Crippen molar-refractivity contribution in [2.75, 3.05) is 25.4 Å². The van der Waals surface area contributed by atoms with E-state index in [9.17, 15) is 8.42 Å². The number of hydrogen-bond donors (Lipinski definition) is 1. The van der Waals surface area contributed by atoms with Crippen LogP contribution in [0.5, 0.6) is 0 Å². The predicted molar refractivity (Wildman–Crippen MR) is 62.2 cm³/mol. The first-order valence-corrected chi connectivity index (χ1v) is 7.13. The van der Waals surface area contributed by atoms with Crippen molar-refractivity contribution in [1.29, 1.82) is 0 Å². The van der Waals surface area contributed by atoms with Gasteiger partial charge in [-0.2, -0.15) is 0 Å². The van der Waals surface area contributed by atoms with Gasteiger partial charge in [0.25, 0.3) is 0 Å². The molecule has 0 bridgehead atoms. The van der Waals surface area contributed by atoms with Crippen LogP contribution in [0.3, 0.4) is 0 Å². The summed E-state index contributed by atoms with van der Waals surface area (Å²) in [7, 11) is -3.12. The number of rotatable bonds is 8. The normalized spacial score (nSPS) is 12.7. The second-order valence-electron chi connectivity index (χ2n) is 4.07. The second kappa shape index (κ2) is 7.19. The summed E-state index contributed by atoms with van der Waals surface area (Å²) in [5, 5.41) is 8.67. The number of hydrogen-bond acceptors (Lipinski definition) is 3. The summed E-state index contributed by atoms with van der Waals surface area (Å²) < 4.78 is 25.1. The van der Waals surface area contributed by atoms with Gasteiger partial charge in [-0.05, 0) is 18.8 Å². The number of aliphatic hydroxyl groups excluding tert-OH is 1. The van der Waals surface area contributed by atoms with Gasteiger partial charge in [-0.25, -0.2) is 12.7 Å². The Kier molecular flexibility index (Phi) is 7.13. The van der Waals surface area contributed by atoms with Crippen LogP contribution in [0.25, 0.3) is 0 Å². The van der Waals surface area contributed by atoms with Crippen molar-refractivity contribution in [3.05, 3.63) is 0 Å². The average molecular weight is 237 g/mol. The molecule has 0 spiro atoms. The summed E-state index contributed by atoms with van der Waals surface area (Å²) >= 11 is 0. The Morgan fingerprint density at radius 3 is 2.33 bits per heavy atom. The topological polar surface area (TPSA) is 57.6 Å². The van der Waals surface area contributed by atoms with Crippen LogP contribution in [-0.4, -0.2) is 43.3 Å². The molecule has 0 fully saturated rings. The minimum atomic E-state index is -3.12. The van der Waals surface area contributed by atoms with Crippen molar-refractivity contribution in [3.8, 4) is 0 Å². The van der Waals surface area contributed by atoms with Gasteiger partial charge in [-0.1, -0.05) is 20.8 Å². The van der Waals surface area contributed by atoms with E-state index in [-0.39, 0.29) is 12.4 Å². The van der Waals surface area contributed by atoms with Gasteiger partial charge >= 0.3 is 0 Å². The quantitative estimate of drug-likeness (QED) is 0.687. The molecule has 0 aliphatic carbocycles. The largest absolute Gasteiger partial charge is 0.396 e. The smallest absolute Gasteiger partial charge is 0.214 e. The Morgan fingerprint density at radius 2 is 1.93 bits per heavy atom. The molecule has 0 unspecified atom stereocenters. The van der Waals surface area contributed by atoms with Gasteiger partial charge in [-0.3, -0.25) is 0 Å². The molecule has 4 nitrogen and oxygen atoms in total. The van der Waals surface area contributed by atoms with Crippen molar-refractivity contribution >= 4 is 10.0 Å². The molecular weight excluding hydrogens is 214 g/mol. The first kappa shape index (κ1) is 14.9. The fraction of sp³-hybridized carbons (Fsp3) is 1.00. The minimum Gasteiger partial charge on any atom is -0.396 e. The van der Waals surface area contributed by atoms with E-state index in [1.165, 1.54) is 4.31 Å². The Bertz CT molecular complexity index is 249. The van der Waals surface area contributed by atoms with Crippen molar-refractivity contribution in [1.82, 2.24) is 4.31 Å². The van der Waals surface area contributed by atoms with E-state index in [0.717, 1.165) is 0 Å².